The van der Waals surface area contributed by atoms with Crippen LogP contribution in [0, 0.1) is 0 Å². The summed E-state index contributed by atoms with van der Waals surface area (Å²) in [5, 5.41) is 0. The minimum Gasteiger partial charge on any atom is -0.493 e. The fourth-order valence-electron chi connectivity index (χ4n) is 4.06. The van der Waals surface area contributed by atoms with Crippen molar-refractivity contribution in [1.29, 1.82) is 0 Å². The molecule has 178 valence electrons. The third-order valence-electron chi connectivity index (χ3n) is 6.00. The maximum Gasteiger partial charge on any atom is 0.162 e. The van der Waals surface area contributed by atoms with Gasteiger partial charge in [0.25, 0.3) is 0 Å². The normalized spacial score (nSPS) is 16.4. The van der Waals surface area contributed by atoms with Gasteiger partial charge in [-0.25, -0.2) is 0 Å². The first-order chi connectivity index (χ1) is 17.2. The van der Waals surface area contributed by atoms with Gasteiger partial charge >= 0.3 is 0 Å². The molecule has 0 radical (unpaired) electrons. The van der Waals surface area contributed by atoms with Gasteiger partial charge in [-0.15, -0.1) is 0 Å². The van der Waals surface area contributed by atoms with Crippen molar-refractivity contribution in [2.75, 3.05) is 14.2 Å². The number of hydrogen-bond donors (Lipinski definition) is 0. The molecule has 0 aliphatic carbocycles. The lowest BCUT2D eigenvalue weighted by atomic mass is 10.0. The molecule has 1 fully saturated rings. The number of ether oxygens (including phenoxy) is 5. The Morgan fingerprint density at radius 2 is 0.971 bits per heavy atom. The predicted octanol–water partition coefficient (Wildman–Crippen LogP) is 6.67. The zero-order valence-electron chi connectivity index (χ0n) is 19.8. The summed E-state index contributed by atoms with van der Waals surface area (Å²) in [5.74, 6) is 2.79. The third-order valence-corrected chi connectivity index (χ3v) is 6.00. The molecule has 2 atom stereocenters. The highest BCUT2D eigenvalue weighted by Crippen LogP contribution is 2.53. The maximum absolute atomic E-state index is 6.08. The van der Waals surface area contributed by atoms with E-state index in [1.54, 1.807) is 14.2 Å². The van der Waals surface area contributed by atoms with E-state index in [1.165, 1.54) is 0 Å². The summed E-state index contributed by atoms with van der Waals surface area (Å²) in [5.41, 5.74) is 4.28. The van der Waals surface area contributed by atoms with Crippen molar-refractivity contribution in [3.63, 3.8) is 0 Å². The Morgan fingerprint density at radius 3 is 1.37 bits per heavy atom. The van der Waals surface area contributed by atoms with Crippen LogP contribution in [0.1, 0.15) is 34.5 Å². The minimum absolute atomic E-state index is 0.0599. The molecule has 0 bridgehead atoms. The summed E-state index contributed by atoms with van der Waals surface area (Å²) in [6, 6.07) is 32.1. The molecule has 5 rings (SSSR count). The smallest absolute Gasteiger partial charge is 0.162 e. The van der Waals surface area contributed by atoms with Crippen LogP contribution in [-0.4, -0.2) is 14.2 Å². The number of epoxide rings is 1. The molecular weight excluding hydrogens is 440 g/mol. The molecule has 0 unspecified atom stereocenters. The van der Waals surface area contributed by atoms with Crippen LogP contribution in [0.2, 0.25) is 0 Å². The van der Waals surface area contributed by atoms with Crippen LogP contribution in [0.15, 0.2) is 97.1 Å². The van der Waals surface area contributed by atoms with Gasteiger partial charge in [-0.05, 0) is 46.5 Å². The first kappa shape index (κ1) is 22.8. The summed E-state index contributed by atoms with van der Waals surface area (Å²) in [6.45, 7) is 0.937. The molecule has 0 saturated carbocycles. The summed E-state index contributed by atoms with van der Waals surface area (Å²) in [6.07, 6.45) is -0.120. The first-order valence-electron chi connectivity index (χ1n) is 11.6. The van der Waals surface area contributed by atoms with E-state index in [-0.39, 0.29) is 12.2 Å². The average molecular weight is 469 g/mol. The zero-order chi connectivity index (χ0) is 24.0. The third kappa shape index (κ3) is 5.42. The Balaban J connectivity index is 1.30. The average Bonchev–Trinajstić information content (AvgIpc) is 3.73. The fourth-order valence-corrected chi connectivity index (χ4v) is 4.06. The van der Waals surface area contributed by atoms with E-state index in [0.29, 0.717) is 36.2 Å². The highest BCUT2D eigenvalue weighted by Gasteiger charge is 2.42. The van der Waals surface area contributed by atoms with Crippen LogP contribution in [0.5, 0.6) is 23.0 Å². The van der Waals surface area contributed by atoms with Gasteiger partial charge in [0.2, 0.25) is 0 Å². The molecule has 1 aliphatic heterocycles. The molecule has 5 heteroatoms. The van der Waals surface area contributed by atoms with Gasteiger partial charge in [-0.2, -0.15) is 0 Å². The van der Waals surface area contributed by atoms with Crippen LogP contribution in [-0.2, 0) is 18.0 Å². The molecule has 1 heterocycles. The summed E-state index contributed by atoms with van der Waals surface area (Å²) < 4.78 is 29.3. The van der Waals surface area contributed by atoms with E-state index in [4.69, 9.17) is 23.7 Å². The Hall–Kier alpha value is -3.96. The number of benzene rings is 4. The Kier molecular flexibility index (Phi) is 6.87. The zero-order valence-corrected chi connectivity index (χ0v) is 19.8. The molecule has 35 heavy (non-hydrogen) atoms. The summed E-state index contributed by atoms with van der Waals surface area (Å²) >= 11 is 0. The second kappa shape index (κ2) is 10.5. The van der Waals surface area contributed by atoms with Crippen LogP contribution < -0.4 is 18.9 Å². The predicted molar refractivity (Wildman–Crippen MR) is 134 cm³/mol. The lowest BCUT2D eigenvalue weighted by molar-refractivity contribution is 0.283. The van der Waals surface area contributed by atoms with Crippen molar-refractivity contribution >= 4 is 0 Å². The van der Waals surface area contributed by atoms with E-state index in [1.807, 2.05) is 97.1 Å². The Labute approximate surface area is 205 Å². The number of rotatable bonds is 10. The van der Waals surface area contributed by atoms with Crippen molar-refractivity contribution in [2.45, 2.75) is 25.4 Å². The Morgan fingerprint density at radius 1 is 0.543 bits per heavy atom. The lowest BCUT2D eigenvalue weighted by Crippen LogP contribution is -1.99. The summed E-state index contributed by atoms with van der Waals surface area (Å²) in [7, 11) is 3.30. The van der Waals surface area contributed by atoms with Gasteiger partial charge < -0.3 is 23.7 Å². The van der Waals surface area contributed by atoms with Gasteiger partial charge in [0.1, 0.15) is 25.4 Å². The molecule has 0 amide bonds. The minimum atomic E-state index is -0.0599. The first-order valence-corrected chi connectivity index (χ1v) is 11.6. The van der Waals surface area contributed by atoms with Crippen LogP contribution >= 0.6 is 0 Å². The standard InChI is InChI=1S/C30H28O5/c1-31-25-15-13-23(17-27(25)33-19-21-9-5-3-6-10-21)29-30(35-29)24-14-16-26(32-2)28(18-24)34-20-22-11-7-4-8-12-22/h3-18,29-30H,19-20H2,1-2H3/t29-,30-/m0/s1. The molecule has 0 N–H and O–H groups in total. The Bertz CT molecular complexity index is 1160. The van der Waals surface area contributed by atoms with Crippen LogP contribution in [0.25, 0.3) is 0 Å². The SMILES string of the molecule is COc1ccc([C@@H]2O[C@H]2c2ccc(OC)c(OCc3ccccc3)c2)cc1OCc1ccccc1. The monoisotopic (exact) mass is 468 g/mol. The van der Waals surface area contributed by atoms with E-state index in [0.717, 1.165) is 22.3 Å². The lowest BCUT2D eigenvalue weighted by Gasteiger charge is -2.13. The molecule has 5 nitrogen and oxygen atoms in total. The second-order valence-electron chi connectivity index (χ2n) is 8.35. The molecule has 4 aromatic rings. The summed E-state index contributed by atoms with van der Waals surface area (Å²) in [4.78, 5) is 0. The van der Waals surface area contributed by atoms with Gasteiger partial charge in [0.15, 0.2) is 23.0 Å². The van der Waals surface area contributed by atoms with E-state index in [9.17, 15) is 0 Å². The van der Waals surface area contributed by atoms with E-state index in [2.05, 4.69) is 0 Å². The molecular formula is C30H28O5. The highest BCUT2D eigenvalue weighted by atomic mass is 16.6. The topological polar surface area (TPSA) is 49.5 Å². The van der Waals surface area contributed by atoms with Crippen molar-refractivity contribution in [1.82, 2.24) is 0 Å². The van der Waals surface area contributed by atoms with Crippen LogP contribution in [0.4, 0.5) is 0 Å². The maximum atomic E-state index is 6.08. The molecule has 0 aromatic heterocycles. The van der Waals surface area contributed by atoms with E-state index >= 15 is 0 Å². The van der Waals surface area contributed by atoms with E-state index < -0.39 is 0 Å². The van der Waals surface area contributed by atoms with Gasteiger partial charge in [0.05, 0.1) is 14.2 Å². The highest BCUT2D eigenvalue weighted by molar-refractivity contribution is 5.48. The molecule has 1 saturated heterocycles. The van der Waals surface area contributed by atoms with Gasteiger partial charge in [0, 0.05) is 0 Å². The van der Waals surface area contributed by atoms with Crippen LogP contribution in [0.3, 0.4) is 0 Å². The quantitative estimate of drug-likeness (QED) is 0.243. The molecule has 1 aliphatic rings. The van der Waals surface area contributed by atoms with Crippen molar-refractivity contribution in [2.24, 2.45) is 0 Å². The van der Waals surface area contributed by atoms with Crippen molar-refractivity contribution in [3.8, 4) is 23.0 Å². The number of methoxy groups -OCH3 is 2. The van der Waals surface area contributed by atoms with Crippen molar-refractivity contribution < 1.29 is 23.7 Å². The van der Waals surface area contributed by atoms with Gasteiger partial charge in [-0.3, -0.25) is 0 Å². The van der Waals surface area contributed by atoms with Crippen molar-refractivity contribution in [3.05, 3.63) is 119 Å². The van der Waals surface area contributed by atoms with Gasteiger partial charge in [-0.1, -0.05) is 72.8 Å². The molecule has 0 spiro atoms. The largest absolute Gasteiger partial charge is 0.493 e. The second-order valence-corrected chi connectivity index (χ2v) is 8.35. The molecule has 4 aromatic carbocycles. The fraction of sp³-hybridized carbons (Fsp3) is 0.200. The number of hydrogen-bond acceptors (Lipinski definition) is 5.